The normalized spacial score (nSPS) is 11.7. The maximum atomic E-state index is 14.5. The molecule has 1 unspecified atom stereocenters. The zero-order chi connectivity index (χ0) is 28.7. The van der Waals surface area contributed by atoms with E-state index in [9.17, 15) is 46.2 Å². The van der Waals surface area contributed by atoms with Gasteiger partial charge in [-0.1, -0.05) is 17.3 Å². The van der Waals surface area contributed by atoms with E-state index in [1.54, 1.807) is 5.32 Å². The number of aromatic nitrogens is 4. The quantitative estimate of drug-likeness (QED) is 0.156. The Bertz CT molecular complexity index is 1430. The summed E-state index contributed by atoms with van der Waals surface area (Å²) in [5.74, 6) is -6.42. The topological polar surface area (TPSA) is 160 Å². The largest absolute Gasteiger partial charge is 1.00 e. The van der Waals surface area contributed by atoms with E-state index in [1.165, 1.54) is 12.1 Å². The van der Waals surface area contributed by atoms with Crippen molar-refractivity contribution in [2.75, 3.05) is 5.32 Å². The second kappa shape index (κ2) is 13.7. The monoisotopic (exact) mass is 564 g/mol. The minimum absolute atomic E-state index is 0. The standard InChI is InChI=1S/C22H19F5N6O6.Li/c23-13(4-6-32-7-5-15(17(24)20(32)36)29-19(35)21(37)38)10-33-11-16(30-31-33)18(34)28-9-12-2-1-3-14(8-12)39-22(25,26)27;/h1-3,5,7-8,11,13H,4,6,9-10H2,(H,28,34)(H,29,35)(H,37,38);/q;+1/p-1. The number of anilines is 1. The van der Waals surface area contributed by atoms with Crippen molar-refractivity contribution >= 4 is 23.5 Å². The molecule has 0 aliphatic heterocycles. The Morgan fingerprint density at radius 3 is 2.58 bits per heavy atom. The molecule has 1 atom stereocenters. The molecule has 0 bridgehead atoms. The van der Waals surface area contributed by atoms with E-state index in [-0.39, 0.29) is 50.6 Å². The molecule has 0 aliphatic rings. The number of aliphatic carboxylic acids is 1. The van der Waals surface area contributed by atoms with Crippen molar-refractivity contribution < 1.29 is 65.0 Å². The Labute approximate surface area is 233 Å². The van der Waals surface area contributed by atoms with Gasteiger partial charge >= 0.3 is 25.2 Å². The molecule has 0 saturated heterocycles. The molecule has 2 heterocycles. The van der Waals surface area contributed by atoms with E-state index >= 15 is 0 Å². The molecule has 0 fully saturated rings. The first kappa shape index (κ1) is 32.0. The van der Waals surface area contributed by atoms with Crippen LogP contribution in [0.5, 0.6) is 5.75 Å². The van der Waals surface area contributed by atoms with Gasteiger partial charge in [0.15, 0.2) is 5.69 Å². The second-order valence-electron chi connectivity index (χ2n) is 7.87. The van der Waals surface area contributed by atoms with Gasteiger partial charge in [-0.15, -0.1) is 18.3 Å². The number of hydrogen-bond donors (Lipinski definition) is 2. The molecule has 2 N–H and O–H groups in total. The number of carbonyl (C=O) groups excluding carboxylic acids is 3. The fourth-order valence-corrected chi connectivity index (χ4v) is 3.18. The molecule has 208 valence electrons. The number of halogens is 5. The summed E-state index contributed by atoms with van der Waals surface area (Å²) in [5, 5.41) is 21.8. The number of carboxylic acid groups (broad SMARTS) is 1. The predicted octanol–water partition coefficient (Wildman–Crippen LogP) is -2.47. The SMILES string of the molecule is O=C([O-])C(=O)Nc1ccn(CCC(F)Cn2cc(C(=O)NCc3cccc(OC(F)(F)F)c3)nn2)c(=O)c1F.[Li+]. The van der Waals surface area contributed by atoms with Crippen LogP contribution in [0, 0.1) is 5.82 Å². The predicted molar refractivity (Wildman–Crippen MR) is 118 cm³/mol. The molecule has 3 aromatic rings. The van der Waals surface area contributed by atoms with Gasteiger partial charge in [-0.2, -0.15) is 4.39 Å². The Kier molecular flexibility index (Phi) is 11.0. The molecule has 0 spiro atoms. The second-order valence-corrected chi connectivity index (χ2v) is 7.87. The number of hydrogen-bond acceptors (Lipinski definition) is 8. The number of rotatable bonds is 10. The molecule has 12 nitrogen and oxygen atoms in total. The van der Waals surface area contributed by atoms with Crippen LogP contribution in [0.4, 0.5) is 27.6 Å². The van der Waals surface area contributed by atoms with E-state index < -0.39 is 53.1 Å². The number of benzene rings is 1. The van der Waals surface area contributed by atoms with Crippen molar-refractivity contribution in [2.45, 2.75) is 38.6 Å². The van der Waals surface area contributed by atoms with E-state index in [2.05, 4.69) is 20.4 Å². The average molecular weight is 564 g/mol. The summed E-state index contributed by atoms with van der Waals surface area (Å²) >= 11 is 0. The maximum absolute atomic E-state index is 14.5. The van der Waals surface area contributed by atoms with E-state index in [4.69, 9.17) is 0 Å². The minimum Gasteiger partial charge on any atom is -0.540 e. The van der Waals surface area contributed by atoms with Gasteiger partial charge in [0.1, 0.15) is 17.9 Å². The van der Waals surface area contributed by atoms with Crippen LogP contribution in [0.1, 0.15) is 22.5 Å². The van der Waals surface area contributed by atoms with Crippen LogP contribution >= 0.6 is 0 Å². The summed E-state index contributed by atoms with van der Waals surface area (Å²) in [6.45, 7) is -0.827. The van der Waals surface area contributed by atoms with Gasteiger partial charge in [-0.25, -0.2) is 9.07 Å². The van der Waals surface area contributed by atoms with Gasteiger partial charge in [-0.3, -0.25) is 14.4 Å². The third kappa shape index (κ3) is 9.20. The van der Waals surface area contributed by atoms with Crippen LogP contribution in [-0.4, -0.2) is 49.9 Å². The molecule has 0 aliphatic carbocycles. The van der Waals surface area contributed by atoms with Crippen molar-refractivity contribution in [3.8, 4) is 5.75 Å². The Balaban J connectivity index is 0.00000560. The molecule has 40 heavy (non-hydrogen) atoms. The summed E-state index contributed by atoms with van der Waals surface area (Å²) in [6, 6.07) is 5.88. The van der Waals surface area contributed by atoms with Crippen molar-refractivity contribution in [3.05, 3.63) is 70.2 Å². The first-order chi connectivity index (χ1) is 18.3. The molecule has 2 aromatic heterocycles. The zero-order valence-electron chi connectivity index (χ0n) is 20.6. The third-order valence-corrected chi connectivity index (χ3v) is 4.96. The third-order valence-electron chi connectivity index (χ3n) is 4.96. The van der Waals surface area contributed by atoms with Crippen LogP contribution in [0.3, 0.4) is 0 Å². The fraction of sp³-hybridized carbons (Fsp3) is 0.273. The number of pyridine rings is 1. The zero-order valence-corrected chi connectivity index (χ0v) is 20.6. The Hall–Kier alpha value is -4.23. The van der Waals surface area contributed by atoms with Gasteiger partial charge in [0.25, 0.3) is 17.4 Å². The molecule has 2 amide bonds. The van der Waals surface area contributed by atoms with Gasteiger partial charge in [0.05, 0.1) is 18.4 Å². The first-order valence-corrected chi connectivity index (χ1v) is 10.9. The number of nitrogens with one attached hydrogen (secondary N) is 2. The Morgan fingerprint density at radius 2 is 1.90 bits per heavy atom. The van der Waals surface area contributed by atoms with Crippen LogP contribution in [-0.2, 0) is 29.2 Å². The summed E-state index contributed by atoms with van der Waals surface area (Å²) < 4.78 is 71.3. The van der Waals surface area contributed by atoms with E-state index in [0.29, 0.717) is 5.56 Å². The minimum atomic E-state index is -4.87. The molecule has 0 radical (unpaired) electrons. The van der Waals surface area contributed by atoms with Crippen molar-refractivity contribution in [2.24, 2.45) is 0 Å². The molecular formula is C22H18F5LiN6O6. The summed E-state index contributed by atoms with van der Waals surface area (Å²) in [4.78, 5) is 45.8. The number of carboxylic acids is 1. The van der Waals surface area contributed by atoms with Crippen molar-refractivity contribution in [3.63, 3.8) is 0 Å². The maximum Gasteiger partial charge on any atom is 1.00 e. The number of amides is 2. The molecule has 0 saturated carbocycles. The number of aryl methyl sites for hydroxylation is 1. The average Bonchev–Trinajstić information content (AvgIpc) is 3.32. The van der Waals surface area contributed by atoms with Crippen LogP contribution in [0.25, 0.3) is 0 Å². The fourth-order valence-electron chi connectivity index (χ4n) is 3.18. The summed E-state index contributed by atoms with van der Waals surface area (Å²) in [7, 11) is 0. The van der Waals surface area contributed by atoms with Crippen LogP contribution < -0.4 is 44.9 Å². The van der Waals surface area contributed by atoms with Crippen molar-refractivity contribution in [1.29, 1.82) is 0 Å². The number of carbonyl (C=O) groups is 3. The van der Waals surface area contributed by atoms with Gasteiger partial charge < -0.3 is 29.8 Å². The molecule has 1 aromatic carbocycles. The smallest absolute Gasteiger partial charge is 0.540 e. The van der Waals surface area contributed by atoms with E-state index in [0.717, 1.165) is 39.8 Å². The molecule has 3 rings (SSSR count). The van der Waals surface area contributed by atoms with Gasteiger partial charge in [0, 0.05) is 19.3 Å². The van der Waals surface area contributed by atoms with Gasteiger partial charge in [0.2, 0.25) is 5.82 Å². The van der Waals surface area contributed by atoms with E-state index in [1.807, 2.05) is 0 Å². The van der Waals surface area contributed by atoms with Gasteiger partial charge in [-0.05, 0) is 30.2 Å². The first-order valence-electron chi connectivity index (χ1n) is 10.9. The van der Waals surface area contributed by atoms with Crippen molar-refractivity contribution in [1.82, 2.24) is 24.9 Å². The molecular weight excluding hydrogens is 546 g/mol. The number of nitrogens with zero attached hydrogens (tertiary/aromatic N) is 4. The Morgan fingerprint density at radius 1 is 1.18 bits per heavy atom. The van der Waals surface area contributed by atoms with Crippen LogP contribution in [0.15, 0.2) is 47.5 Å². The molecule has 18 heteroatoms. The summed E-state index contributed by atoms with van der Waals surface area (Å²) in [6.07, 6.45) is -4.61. The number of ether oxygens (including phenoxy) is 1. The summed E-state index contributed by atoms with van der Waals surface area (Å²) in [5.41, 5.74) is -1.80. The van der Waals surface area contributed by atoms with Crippen LogP contribution in [0.2, 0.25) is 0 Å². The number of alkyl halides is 4.